The second kappa shape index (κ2) is 13.6. The van der Waals surface area contributed by atoms with Gasteiger partial charge in [0.1, 0.15) is 0 Å². The lowest BCUT2D eigenvalue weighted by atomic mass is 10.0. The zero-order valence-corrected chi connectivity index (χ0v) is 29.8. The predicted molar refractivity (Wildman–Crippen MR) is 227 cm³/mol. The summed E-state index contributed by atoms with van der Waals surface area (Å²) >= 11 is 0. The van der Waals surface area contributed by atoms with Crippen molar-refractivity contribution in [2.24, 2.45) is 9.98 Å². The van der Waals surface area contributed by atoms with E-state index in [-0.39, 0.29) is 5.84 Å². The number of dihydropyridines is 1. The number of para-hydroxylation sites is 1. The van der Waals surface area contributed by atoms with Crippen LogP contribution in [0.2, 0.25) is 0 Å². The number of hydrogen-bond donors (Lipinski definition) is 1. The summed E-state index contributed by atoms with van der Waals surface area (Å²) in [4.78, 5) is 19.8. The van der Waals surface area contributed by atoms with E-state index in [2.05, 4.69) is 99.9 Å². The van der Waals surface area contributed by atoms with Crippen molar-refractivity contribution in [3.8, 4) is 22.3 Å². The van der Waals surface area contributed by atoms with E-state index in [1.807, 2.05) is 90.0 Å². The van der Waals surface area contributed by atoms with Crippen LogP contribution in [0.4, 0.5) is 0 Å². The molecule has 0 saturated carbocycles. The number of nitrogens with zero attached hydrogens (tertiary/aromatic N) is 6. The molecule has 0 radical (unpaired) electrons. The zero-order valence-electron chi connectivity index (χ0n) is 29.8. The maximum atomic E-state index is 9.39. The summed E-state index contributed by atoms with van der Waals surface area (Å²) in [5.74, 6) is 0.172. The van der Waals surface area contributed by atoms with Crippen LogP contribution in [-0.2, 0) is 0 Å². The van der Waals surface area contributed by atoms with Gasteiger partial charge in [0.25, 0.3) is 0 Å². The quantitative estimate of drug-likeness (QED) is 0.125. The molecular weight excluding hydrogens is 677 g/mol. The molecule has 8 nitrogen and oxygen atoms in total. The van der Waals surface area contributed by atoms with Crippen LogP contribution in [-0.4, -0.2) is 37.8 Å². The molecule has 55 heavy (non-hydrogen) atoms. The molecule has 1 unspecified atom stereocenters. The largest absolute Gasteiger partial charge is 0.482 e. The molecule has 1 aliphatic heterocycles. The van der Waals surface area contributed by atoms with Crippen molar-refractivity contribution in [1.29, 1.82) is 0 Å². The zero-order chi connectivity index (χ0) is 36.7. The fourth-order valence-corrected chi connectivity index (χ4v) is 7.76. The summed E-state index contributed by atoms with van der Waals surface area (Å²) in [6.07, 6.45) is 8.21. The third-order valence-electron chi connectivity index (χ3n) is 10.3. The summed E-state index contributed by atoms with van der Waals surface area (Å²) in [6.45, 7) is 0.779. The Morgan fingerprint density at radius 2 is 1.40 bits per heavy atom. The molecule has 10 rings (SSSR count). The Morgan fingerprint density at radius 3 is 2.18 bits per heavy atom. The van der Waals surface area contributed by atoms with Gasteiger partial charge in [0.15, 0.2) is 5.65 Å². The molecule has 0 aliphatic carbocycles. The van der Waals surface area contributed by atoms with Crippen molar-refractivity contribution in [1.82, 2.24) is 19.2 Å². The molecule has 0 amide bonds. The van der Waals surface area contributed by atoms with E-state index in [0.717, 1.165) is 95.9 Å². The maximum absolute atomic E-state index is 9.39. The van der Waals surface area contributed by atoms with Crippen LogP contribution in [0.5, 0.6) is 0 Å². The first-order valence-electron chi connectivity index (χ1n) is 18.5. The van der Waals surface area contributed by atoms with Crippen LogP contribution in [0.15, 0.2) is 174 Å². The van der Waals surface area contributed by atoms with Gasteiger partial charge in [-0.3, -0.25) is 9.98 Å². The molecule has 1 atom stereocenters. The molecule has 2 N–H and O–H groups in total. The number of amidine groups is 1. The van der Waals surface area contributed by atoms with Gasteiger partial charge in [-0.05, 0) is 70.1 Å². The number of hydrogen-bond acceptors (Lipinski definition) is 5. The van der Waals surface area contributed by atoms with E-state index in [1.54, 1.807) is 0 Å². The highest BCUT2D eigenvalue weighted by molar-refractivity contribution is 6.26. The molecule has 0 fully saturated rings. The summed E-state index contributed by atoms with van der Waals surface area (Å²) in [5, 5.41) is 3.02. The third-order valence-corrected chi connectivity index (χ3v) is 10.3. The van der Waals surface area contributed by atoms with Crippen LogP contribution >= 0.6 is 0 Å². The Morgan fingerprint density at radius 1 is 0.691 bits per heavy atom. The van der Waals surface area contributed by atoms with Crippen molar-refractivity contribution in [2.75, 3.05) is 12.0 Å². The second-order valence-electron chi connectivity index (χ2n) is 13.7. The van der Waals surface area contributed by atoms with Gasteiger partial charge in [-0.25, -0.2) is 9.66 Å². The van der Waals surface area contributed by atoms with Crippen LogP contribution in [0.3, 0.4) is 0 Å². The number of fused-ring (bicyclic) bond motifs is 7. The first kappa shape index (κ1) is 32.3. The van der Waals surface area contributed by atoms with Crippen LogP contribution in [0.25, 0.3) is 77.6 Å². The van der Waals surface area contributed by atoms with Gasteiger partial charge in [0.05, 0.1) is 39.3 Å². The van der Waals surface area contributed by atoms with Crippen LogP contribution in [0, 0.1) is 0 Å². The number of pyridine rings is 2. The SMILES string of the molecule is [NH-]/C(=N\C(Nn1c2ccccc2c2c1ncc1c3ncccc3n(C3=CCCN=C3)c12)c1cccc(-c2ccccc2)c1)c1cccc(-c2ccccc2)c1. The van der Waals surface area contributed by atoms with Gasteiger partial charge in [-0.2, -0.15) is 0 Å². The van der Waals surface area contributed by atoms with Gasteiger partial charge in [0, 0.05) is 35.9 Å². The normalized spacial score (nSPS) is 13.8. The van der Waals surface area contributed by atoms with E-state index in [0.29, 0.717) is 0 Å². The average molecular weight is 712 g/mol. The highest BCUT2D eigenvalue weighted by Gasteiger charge is 2.23. The van der Waals surface area contributed by atoms with Crippen molar-refractivity contribution >= 4 is 61.6 Å². The van der Waals surface area contributed by atoms with Crippen LogP contribution < -0.4 is 5.43 Å². The maximum Gasteiger partial charge on any atom is 0.161 e. The number of rotatable bonds is 8. The molecule has 1 aliphatic rings. The topological polar surface area (TPSA) is 96.2 Å². The fraction of sp³-hybridized carbons (Fsp3) is 0.0638. The van der Waals surface area contributed by atoms with E-state index < -0.39 is 6.17 Å². The van der Waals surface area contributed by atoms with E-state index in [4.69, 9.17) is 15.0 Å². The highest BCUT2D eigenvalue weighted by Crippen LogP contribution is 2.39. The molecule has 9 aromatic rings. The molecule has 4 aromatic heterocycles. The summed E-state index contributed by atoms with van der Waals surface area (Å²) < 4.78 is 4.32. The number of nitrogens with one attached hydrogen (secondary N) is 2. The molecule has 0 bridgehead atoms. The lowest BCUT2D eigenvalue weighted by Crippen LogP contribution is -2.21. The van der Waals surface area contributed by atoms with Crippen molar-refractivity contribution in [2.45, 2.75) is 12.6 Å². The Hall–Kier alpha value is -7.32. The smallest absolute Gasteiger partial charge is 0.161 e. The fourth-order valence-electron chi connectivity index (χ4n) is 7.76. The van der Waals surface area contributed by atoms with Gasteiger partial charge in [-0.1, -0.05) is 127 Å². The standard InChI is InChI=1S/C47H35N8/c48-45(35-19-9-17-33(27-35)31-13-3-1-4-14-31)52-46(36-20-10-18-34(28-36)32-15-5-2-6-16-32)53-55-40-23-8-7-22-38(40)42-44-39(30-51-47(42)55)43-41(24-12-26-50-43)54(44)37-21-11-25-49-29-37/h1-10,12-24,26-30,46,53H,11,25H2,(H-,48,52)/q-1. The Kier molecular flexibility index (Phi) is 7.99. The van der Waals surface area contributed by atoms with E-state index in [1.165, 1.54) is 0 Å². The number of allylic oxidation sites excluding steroid dienone is 1. The third kappa shape index (κ3) is 5.72. The van der Waals surface area contributed by atoms with Crippen molar-refractivity contribution < 1.29 is 0 Å². The number of benzene rings is 5. The molecule has 8 heteroatoms. The number of aliphatic imine (C=N–C) groups is 2. The van der Waals surface area contributed by atoms with Gasteiger partial charge in [0.2, 0.25) is 0 Å². The summed E-state index contributed by atoms with van der Waals surface area (Å²) in [5.41, 5.74) is 24.8. The second-order valence-corrected chi connectivity index (χ2v) is 13.7. The lowest BCUT2D eigenvalue weighted by molar-refractivity contribution is 0.726. The van der Waals surface area contributed by atoms with Crippen LogP contribution in [0.1, 0.15) is 23.7 Å². The molecule has 5 aromatic carbocycles. The lowest BCUT2D eigenvalue weighted by Gasteiger charge is -2.26. The summed E-state index contributed by atoms with van der Waals surface area (Å²) in [6, 6.07) is 49.5. The Balaban J connectivity index is 1.18. The van der Waals surface area contributed by atoms with E-state index in [9.17, 15) is 5.73 Å². The average Bonchev–Trinajstić information content (AvgIpc) is 3.77. The highest BCUT2D eigenvalue weighted by atomic mass is 15.5. The molecule has 0 spiro atoms. The molecule has 0 saturated heterocycles. The minimum atomic E-state index is -0.645. The molecule has 264 valence electrons. The van der Waals surface area contributed by atoms with Gasteiger partial charge >= 0.3 is 0 Å². The molecule has 5 heterocycles. The van der Waals surface area contributed by atoms with E-state index >= 15 is 0 Å². The Labute approximate surface area is 317 Å². The minimum Gasteiger partial charge on any atom is -0.482 e. The Bertz CT molecular complexity index is 2970. The first-order valence-corrected chi connectivity index (χ1v) is 18.5. The minimum absolute atomic E-state index is 0.172. The van der Waals surface area contributed by atoms with Gasteiger partial charge < -0.3 is 20.7 Å². The van der Waals surface area contributed by atoms with Crippen molar-refractivity contribution in [3.05, 3.63) is 181 Å². The predicted octanol–water partition coefficient (Wildman–Crippen LogP) is 11.1. The van der Waals surface area contributed by atoms with Crippen molar-refractivity contribution in [3.63, 3.8) is 0 Å². The monoisotopic (exact) mass is 711 g/mol. The van der Waals surface area contributed by atoms with Gasteiger partial charge in [-0.15, -0.1) is 0 Å². The molecular formula is C47H35N8-. The number of aromatic nitrogens is 4. The first-order chi connectivity index (χ1) is 27.2. The summed E-state index contributed by atoms with van der Waals surface area (Å²) in [7, 11) is 0.